The van der Waals surface area contributed by atoms with Crippen LogP contribution in [0.25, 0.3) is 5.69 Å². The summed E-state index contributed by atoms with van der Waals surface area (Å²) in [5.41, 5.74) is -0.00222. The van der Waals surface area contributed by atoms with Crippen molar-refractivity contribution in [3.8, 4) is 5.69 Å². The number of aromatic nitrogens is 3. The number of rotatable bonds is 2. The van der Waals surface area contributed by atoms with Crippen molar-refractivity contribution in [2.75, 3.05) is 0 Å². The van der Waals surface area contributed by atoms with E-state index in [0.29, 0.717) is 6.20 Å². The van der Waals surface area contributed by atoms with Crippen LogP contribution in [0.3, 0.4) is 0 Å². The summed E-state index contributed by atoms with van der Waals surface area (Å²) in [6, 6.07) is 2.71. The highest BCUT2D eigenvalue weighted by Gasteiger charge is 2.21. The average molecular weight is 221 g/mol. The first-order valence-electron chi connectivity index (χ1n) is 4.53. The molecule has 0 fully saturated rings. The van der Waals surface area contributed by atoms with Crippen LogP contribution in [0.2, 0.25) is 0 Å². The van der Waals surface area contributed by atoms with E-state index in [1.807, 2.05) is 0 Å². The quantitative estimate of drug-likeness (QED) is 0.429. The fraction of sp³-hybridized carbons (Fsp3) is 0.100. The number of nitrogens with zero attached hydrogens (tertiary/aromatic N) is 3. The third kappa shape index (κ3) is 1.65. The molecule has 0 aliphatic carbocycles. The van der Waals surface area contributed by atoms with E-state index < -0.39 is 11.6 Å². The molecule has 0 radical (unpaired) electrons. The molecule has 0 amide bonds. The van der Waals surface area contributed by atoms with Gasteiger partial charge in [0.2, 0.25) is 12.0 Å². The molecule has 2 heterocycles. The van der Waals surface area contributed by atoms with Crippen molar-refractivity contribution in [2.45, 2.75) is 6.92 Å². The Kier molecular flexibility index (Phi) is 2.40. The number of carbonyl (C=O) groups excluding carboxylic acids is 1. The Hall–Kier alpha value is -2.24. The Morgan fingerprint density at radius 3 is 2.94 bits per heavy atom. The van der Waals surface area contributed by atoms with Gasteiger partial charge in [-0.3, -0.25) is 4.79 Å². The van der Waals surface area contributed by atoms with Crippen LogP contribution in [0.5, 0.6) is 0 Å². The van der Waals surface area contributed by atoms with Gasteiger partial charge in [0.05, 0.1) is 0 Å². The lowest BCUT2D eigenvalue weighted by Gasteiger charge is -2.07. The Labute approximate surface area is 90.3 Å². The molecular formula is C10H8FN3O2. The summed E-state index contributed by atoms with van der Waals surface area (Å²) < 4.78 is 14.6. The highest BCUT2D eigenvalue weighted by atomic mass is 19.1. The van der Waals surface area contributed by atoms with Crippen LogP contribution in [0.1, 0.15) is 17.4 Å². The predicted molar refractivity (Wildman–Crippen MR) is 52.5 cm³/mol. The van der Waals surface area contributed by atoms with Crippen LogP contribution < -0.4 is 4.73 Å². The van der Waals surface area contributed by atoms with Gasteiger partial charge in [-0.15, -0.1) is 0 Å². The van der Waals surface area contributed by atoms with Gasteiger partial charge in [-0.25, -0.2) is 9.07 Å². The summed E-state index contributed by atoms with van der Waals surface area (Å²) in [4.78, 5) is 11.3. The highest BCUT2D eigenvalue weighted by Crippen LogP contribution is 2.12. The lowest BCUT2D eigenvalue weighted by atomic mass is 10.2. The summed E-state index contributed by atoms with van der Waals surface area (Å²) in [5, 5.41) is 15.3. The van der Waals surface area contributed by atoms with Crippen molar-refractivity contribution in [2.24, 2.45) is 0 Å². The molecule has 0 saturated heterocycles. The topological polar surface area (TPSA) is 61.8 Å². The molecule has 5 nitrogen and oxygen atoms in total. The second-order valence-corrected chi connectivity index (χ2v) is 3.22. The number of Topliss-reactive ketones (excluding diaryl/α,β-unsaturated/α-hetero) is 1. The van der Waals surface area contributed by atoms with Gasteiger partial charge in [-0.2, -0.15) is 9.83 Å². The summed E-state index contributed by atoms with van der Waals surface area (Å²) in [7, 11) is 0. The van der Waals surface area contributed by atoms with Crippen LogP contribution in [0.15, 0.2) is 30.7 Å². The SMILES string of the molecule is CC(=O)c1c(-n2cccn2)cc(F)c[n+]1[O-]. The van der Waals surface area contributed by atoms with Crippen LogP contribution in [0, 0.1) is 11.0 Å². The molecule has 0 aliphatic rings. The largest absolute Gasteiger partial charge is 0.618 e. The molecule has 6 heteroatoms. The molecule has 0 atom stereocenters. The first kappa shape index (κ1) is 10.3. The van der Waals surface area contributed by atoms with E-state index in [-0.39, 0.29) is 16.1 Å². The number of hydrogen-bond acceptors (Lipinski definition) is 3. The summed E-state index contributed by atoms with van der Waals surface area (Å²) in [6.45, 7) is 1.24. The van der Waals surface area contributed by atoms with Crippen molar-refractivity contribution in [3.63, 3.8) is 0 Å². The van der Waals surface area contributed by atoms with Gasteiger partial charge in [0.25, 0.3) is 5.69 Å². The van der Waals surface area contributed by atoms with E-state index >= 15 is 0 Å². The van der Waals surface area contributed by atoms with E-state index in [4.69, 9.17) is 0 Å². The second-order valence-electron chi connectivity index (χ2n) is 3.22. The molecule has 2 aromatic rings. The van der Waals surface area contributed by atoms with E-state index in [2.05, 4.69) is 5.10 Å². The Morgan fingerprint density at radius 2 is 2.38 bits per heavy atom. The van der Waals surface area contributed by atoms with Gasteiger partial charge in [-0.05, 0) is 6.07 Å². The molecule has 2 rings (SSSR count). The zero-order chi connectivity index (χ0) is 11.7. The fourth-order valence-electron chi connectivity index (χ4n) is 1.45. The minimum absolute atomic E-state index is 0.132. The van der Waals surface area contributed by atoms with Crippen molar-refractivity contribution >= 4 is 5.78 Å². The molecule has 0 unspecified atom stereocenters. The van der Waals surface area contributed by atoms with Crippen LogP contribution in [0.4, 0.5) is 4.39 Å². The van der Waals surface area contributed by atoms with Crippen LogP contribution >= 0.6 is 0 Å². The van der Waals surface area contributed by atoms with Gasteiger partial charge in [0.1, 0.15) is 5.69 Å². The first-order valence-corrected chi connectivity index (χ1v) is 4.53. The van der Waals surface area contributed by atoms with Crippen LogP contribution in [-0.2, 0) is 0 Å². The molecule has 0 saturated carbocycles. The third-order valence-electron chi connectivity index (χ3n) is 2.06. The average Bonchev–Trinajstić information content (AvgIpc) is 2.67. The van der Waals surface area contributed by atoms with Crippen molar-refractivity contribution in [1.82, 2.24) is 9.78 Å². The van der Waals surface area contributed by atoms with E-state index in [0.717, 1.165) is 6.07 Å². The van der Waals surface area contributed by atoms with Crippen molar-refractivity contribution in [3.05, 3.63) is 47.4 Å². The Balaban J connectivity index is 2.72. The molecule has 82 valence electrons. The fourth-order valence-corrected chi connectivity index (χ4v) is 1.45. The summed E-state index contributed by atoms with van der Waals surface area (Å²) in [6.07, 6.45) is 3.72. The van der Waals surface area contributed by atoms with E-state index in [1.54, 1.807) is 6.07 Å². The molecular weight excluding hydrogens is 213 g/mol. The molecule has 0 spiro atoms. The number of pyridine rings is 1. The number of hydrogen-bond donors (Lipinski definition) is 0. The minimum atomic E-state index is -0.717. The van der Waals surface area contributed by atoms with Gasteiger partial charge >= 0.3 is 0 Å². The van der Waals surface area contributed by atoms with Crippen LogP contribution in [-0.4, -0.2) is 15.6 Å². The normalized spacial score (nSPS) is 10.4. The highest BCUT2D eigenvalue weighted by molar-refractivity contribution is 5.94. The molecule has 0 aliphatic heterocycles. The number of carbonyl (C=O) groups is 1. The standard InChI is InChI=1S/C10H8FN3O2/c1-7(15)10-9(13-4-2-3-12-13)5-8(11)6-14(10)16/h2-6H,1H3. The second kappa shape index (κ2) is 3.73. The number of ketones is 1. The van der Waals surface area contributed by atoms with Gasteiger partial charge in [0.15, 0.2) is 5.82 Å². The van der Waals surface area contributed by atoms with E-state index in [1.165, 1.54) is 24.0 Å². The maximum absolute atomic E-state index is 13.1. The van der Waals surface area contributed by atoms with Gasteiger partial charge in [0, 0.05) is 25.4 Å². The third-order valence-corrected chi connectivity index (χ3v) is 2.06. The Bertz CT molecular complexity index is 537. The molecule has 2 aromatic heterocycles. The van der Waals surface area contributed by atoms with Gasteiger partial charge in [-0.1, -0.05) is 0 Å². The van der Waals surface area contributed by atoms with E-state index in [9.17, 15) is 14.4 Å². The smallest absolute Gasteiger partial charge is 0.285 e. The maximum Gasteiger partial charge on any atom is 0.285 e. The molecule has 0 bridgehead atoms. The lowest BCUT2D eigenvalue weighted by Crippen LogP contribution is -2.36. The first-order chi connectivity index (χ1) is 7.59. The maximum atomic E-state index is 13.1. The summed E-state index contributed by atoms with van der Waals surface area (Å²) >= 11 is 0. The minimum Gasteiger partial charge on any atom is -0.618 e. The van der Waals surface area contributed by atoms with Gasteiger partial charge < -0.3 is 5.21 Å². The van der Waals surface area contributed by atoms with Crippen molar-refractivity contribution < 1.29 is 13.9 Å². The predicted octanol–water partition coefficient (Wildman–Crippen LogP) is 0.847. The zero-order valence-electron chi connectivity index (χ0n) is 8.42. The molecule has 0 N–H and O–H groups in total. The zero-order valence-corrected chi connectivity index (χ0v) is 8.42. The van der Waals surface area contributed by atoms with Crippen molar-refractivity contribution in [1.29, 1.82) is 0 Å². The Morgan fingerprint density at radius 1 is 1.62 bits per heavy atom. The molecule has 16 heavy (non-hydrogen) atoms. The lowest BCUT2D eigenvalue weighted by molar-refractivity contribution is -0.609. The number of halogens is 1. The monoisotopic (exact) mass is 221 g/mol. The summed E-state index contributed by atoms with van der Waals surface area (Å²) in [5.74, 6) is -1.16. The molecule has 0 aromatic carbocycles.